The van der Waals surface area contributed by atoms with Crippen LogP contribution in [0.3, 0.4) is 0 Å². The summed E-state index contributed by atoms with van der Waals surface area (Å²) in [5.74, 6) is 0.00306. The van der Waals surface area contributed by atoms with Gasteiger partial charge in [0.2, 0.25) is 5.82 Å². The number of aliphatic hydroxyl groups is 1. The fourth-order valence-electron chi connectivity index (χ4n) is 5.67. The predicted molar refractivity (Wildman–Crippen MR) is 149 cm³/mol. The van der Waals surface area contributed by atoms with Gasteiger partial charge in [0.15, 0.2) is 5.57 Å². The van der Waals surface area contributed by atoms with Gasteiger partial charge in [-0.25, -0.2) is 9.78 Å². The van der Waals surface area contributed by atoms with Crippen LogP contribution in [0.5, 0.6) is 0 Å². The van der Waals surface area contributed by atoms with Crippen LogP contribution in [0.1, 0.15) is 49.5 Å². The fraction of sp³-hybridized carbons (Fsp3) is 0.333. The molecule has 6 rings (SSSR count). The molecule has 0 aliphatic carbocycles. The van der Waals surface area contributed by atoms with Gasteiger partial charge < -0.3 is 19.3 Å². The molecule has 0 radical (unpaired) electrons. The van der Waals surface area contributed by atoms with Crippen LogP contribution in [-0.4, -0.2) is 64.7 Å². The van der Waals surface area contributed by atoms with Gasteiger partial charge in [0, 0.05) is 30.6 Å². The van der Waals surface area contributed by atoms with Gasteiger partial charge in [-0.3, -0.25) is 4.79 Å². The summed E-state index contributed by atoms with van der Waals surface area (Å²) in [5.41, 5.74) is 5.56. The number of hydrogen-bond acceptors (Lipinski definition) is 8. The molecule has 2 aromatic heterocycles. The number of imidazole rings is 1. The Morgan fingerprint density at radius 1 is 1.09 bits per heavy atom. The van der Waals surface area contributed by atoms with Crippen LogP contribution >= 0.6 is 0 Å². The van der Waals surface area contributed by atoms with Crippen molar-refractivity contribution in [3.05, 3.63) is 82.6 Å². The van der Waals surface area contributed by atoms with E-state index in [2.05, 4.69) is 56.4 Å². The number of hydrogen-bond donors (Lipinski definition) is 2. The third-order valence-corrected chi connectivity index (χ3v) is 7.72. The van der Waals surface area contributed by atoms with Crippen LogP contribution < -0.4 is 59.1 Å². The Kier molecular flexibility index (Phi) is 11.0. The van der Waals surface area contributed by atoms with Crippen molar-refractivity contribution in [1.82, 2.24) is 35.1 Å². The van der Waals surface area contributed by atoms with E-state index in [0.717, 1.165) is 58.7 Å². The van der Waals surface area contributed by atoms with E-state index in [1.165, 1.54) is 4.90 Å². The summed E-state index contributed by atoms with van der Waals surface area (Å²) in [6.45, 7) is 4.78. The second-order valence-electron chi connectivity index (χ2n) is 10.2. The molecule has 2 N–H and O–H groups in total. The van der Waals surface area contributed by atoms with E-state index in [9.17, 15) is 14.7 Å². The molecule has 1 unspecified atom stereocenters. The number of fused-ring (bicyclic) bond motifs is 2. The molecular formula is C30H31N7Na2O4+2. The number of carbonyl (C=O) groups excluding carboxylic acids is 2. The Labute approximate surface area is 293 Å². The molecule has 4 aromatic rings. The average molecular weight is 600 g/mol. The largest absolute Gasteiger partial charge is 1.00 e. The summed E-state index contributed by atoms with van der Waals surface area (Å²) >= 11 is 0. The van der Waals surface area contributed by atoms with Gasteiger partial charge in [-0.2, -0.15) is 5.21 Å². The first-order chi connectivity index (χ1) is 20.0. The van der Waals surface area contributed by atoms with Crippen molar-refractivity contribution < 1.29 is 78.5 Å². The summed E-state index contributed by atoms with van der Waals surface area (Å²) < 4.78 is 7.24. The van der Waals surface area contributed by atoms with Crippen LogP contribution in [0.4, 0.5) is 0 Å². The molecule has 0 saturated heterocycles. The van der Waals surface area contributed by atoms with Crippen LogP contribution in [0.2, 0.25) is 0 Å². The Bertz CT molecular complexity index is 1630. The zero-order valence-corrected chi connectivity index (χ0v) is 29.0. The normalized spacial score (nSPS) is 15.4. The molecule has 210 valence electrons. The summed E-state index contributed by atoms with van der Waals surface area (Å²) in [5, 5.41) is 25.4. The summed E-state index contributed by atoms with van der Waals surface area (Å²) in [4.78, 5) is 31.9. The Balaban J connectivity index is 0.00000212. The number of ether oxygens (including phenoxy) is 1. The molecule has 2 aliphatic rings. The quantitative estimate of drug-likeness (QED) is 0.125. The van der Waals surface area contributed by atoms with E-state index in [0.29, 0.717) is 18.8 Å². The number of nitrogens with zero attached hydrogens (tertiary/aromatic N) is 6. The molecule has 0 fully saturated rings. The smallest absolute Gasteiger partial charge is 0.509 e. The van der Waals surface area contributed by atoms with Gasteiger partial charge in [-0.05, 0) is 35.2 Å². The van der Waals surface area contributed by atoms with Crippen LogP contribution in [0, 0.1) is 0 Å². The van der Waals surface area contributed by atoms with Gasteiger partial charge in [-0.1, -0.05) is 61.9 Å². The maximum Gasteiger partial charge on any atom is 1.00 e. The van der Waals surface area contributed by atoms with Gasteiger partial charge in [0.05, 0.1) is 24.9 Å². The number of tetrazole rings is 1. The van der Waals surface area contributed by atoms with Crippen molar-refractivity contribution in [3.63, 3.8) is 0 Å². The van der Waals surface area contributed by atoms with Crippen molar-refractivity contribution in [3.8, 4) is 22.5 Å². The van der Waals surface area contributed by atoms with Crippen LogP contribution in [0.25, 0.3) is 22.5 Å². The van der Waals surface area contributed by atoms with E-state index in [4.69, 9.17) is 9.72 Å². The minimum atomic E-state index is -0.783. The summed E-state index contributed by atoms with van der Waals surface area (Å²) in [7, 11) is 0. The SMILES string of the molecule is CCCCc1nc2c(n1Cc1ccc(-c3ccccc3-c3nn[nH]n3)cc1)CC1C(O)=C(C(=O)OCC)C(=O)N1C2.[Na+].[Na+]. The molecule has 1 amide bonds. The van der Waals surface area contributed by atoms with Crippen molar-refractivity contribution in [2.75, 3.05) is 6.61 Å². The standard InChI is InChI=1S/C30H31N7O4.2Na/c1-3-5-10-25-31-22-17-37-24(27(38)26(29(37)39)30(40)41-4-2)15-23(22)36(25)16-18-11-13-19(14-12-18)20-8-6-7-9-21(20)28-32-34-35-33-28;;/h6-9,11-14,24,38H,3-5,10,15-17H2,1-2H3,(H,32,33,34,35);;/q;2*+1. The third kappa shape index (κ3) is 6.38. The van der Waals surface area contributed by atoms with Crippen LogP contribution in [0.15, 0.2) is 59.9 Å². The number of unbranched alkanes of at least 4 members (excludes halogenated alkanes) is 1. The van der Waals surface area contributed by atoms with Gasteiger partial charge in [-0.15, -0.1) is 10.2 Å². The van der Waals surface area contributed by atoms with Gasteiger partial charge >= 0.3 is 65.1 Å². The number of nitrogens with one attached hydrogen (secondary N) is 1. The van der Waals surface area contributed by atoms with Gasteiger partial charge in [0.1, 0.15) is 11.6 Å². The molecule has 13 heteroatoms. The number of aromatic amines is 1. The zero-order valence-electron chi connectivity index (χ0n) is 25.0. The number of aryl methyl sites for hydroxylation is 1. The monoisotopic (exact) mass is 599 g/mol. The Morgan fingerprint density at radius 2 is 1.84 bits per heavy atom. The number of esters is 1. The molecular weight excluding hydrogens is 568 g/mol. The number of amides is 1. The second kappa shape index (κ2) is 14.3. The minimum Gasteiger partial charge on any atom is -0.509 e. The Morgan fingerprint density at radius 3 is 2.51 bits per heavy atom. The second-order valence-corrected chi connectivity index (χ2v) is 10.2. The minimum absolute atomic E-state index is 0. The predicted octanol–water partition coefficient (Wildman–Crippen LogP) is -2.23. The number of aromatic nitrogens is 6. The fourth-order valence-corrected chi connectivity index (χ4v) is 5.67. The molecule has 4 heterocycles. The van der Waals surface area contributed by atoms with E-state index in [1.54, 1.807) is 6.92 Å². The summed E-state index contributed by atoms with van der Waals surface area (Å²) in [6.07, 6.45) is 3.22. The zero-order chi connectivity index (χ0) is 28.5. The molecule has 11 nitrogen and oxygen atoms in total. The van der Waals surface area contributed by atoms with Crippen molar-refractivity contribution in [2.24, 2.45) is 0 Å². The van der Waals surface area contributed by atoms with Crippen LogP contribution in [-0.2, 0) is 40.3 Å². The Hall–Kier alpha value is -2.80. The van der Waals surface area contributed by atoms with E-state index in [1.807, 2.05) is 24.3 Å². The number of rotatable bonds is 9. The molecule has 0 spiro atoms. The molecule has 43 heavy (non-hydrogen) atoms. The maximum absolute atomic E-state index is 13.0. The molecule has 1 atom stereocenters. The number of H-pyrrole nitrogens is 1. The molecule has 2 aromatic carbocycles. The number of benzene rings is 2. The third-order valence-electron chi connectivity index (χ3n) is 7.72. The topological polar surface area (TPSA) is 139 Å². The average Bonchev–Trinajstić information content (AvgIpc) is 3.69. The maximum atomic E-state index is 13.0. The van der Waals surface area contributed by atoms with E-state index in [-0.39, 0.29) is 83.6 Å². The van der Waals surface area contributed by atoms with Crippen molar-refractivity contribution in [2.45, 2.75) is 58.7 Å². The molecule has 2 aliphatic heterocycles. The first-order valence-corrected chi connectivity index (χ1v) is 13.9. The summed E-state index contributed by atoms with van der Waals surface area (Å²) in [6, 6.07) is 15.7. The molecule has 0 saturated carbocycles. The van der Waals surface area contributed by atoms with Crippen molar-refractivity contribution in [1.29, 1.82) is 0 Å². The number of carbonyl (C=O) groups is 2. The van der Waals surface area contributed by atoms with Gasteiger partial charge in [0.25, 0.3) is 5.91 Å². The number of aliphatic hydroxyl groups excluding tert-OH is 1. The van der Waals surface area contributed by atoms with Crippen molar-refractivity contribution >= 4 is 11.9 Å². The van der Waals surface area contributed by atoms with E-state index >= 15 is 0 Å². The van der Waals surface area contributed by atoms with E-state index < -0.39 is 17.9 Å². The molecule has 0 bridgehead atoms. The first-order valence-electron chi connectivity index (χ1n) is 13.9. The first kappa shape index (κ1) is 33.1.